The first-order chi connectivity index (χ1) is 11.7. The van der Waals surface area contributed by atoms with Gasteiger partial charge in [-0.1, -0.05) is 37.3 Å². The molecule has 0 N–H and O–H groups in total. The molecule has 2 heterocycles. The van der Waals surface area contributed by atoms with Gasteiger partial charge in [-0.25, -0.2) is 4.98 Å². The summed E-state index contributed by atoms with van der Waals surface area (Å²) < 4.78 is 1.72. The van der Waals surface area contributed by atoms with Crippen LogP contribution in [0.15, 0.2) is 54.2 Å². The Labute approximate surface area is 145 Å². The highest BCUT2D eigenvalue weighted by Crippen LogP contribution is 2.24. The Morgan fingerprint density at radius 3 is 2.75 bits per heavy atom. The summed E-state index contributed by atoms with van der Waals surface area (Å²) in [6, 6.07) is 11.7. The quantitative estimate of drug-likeness (QED) is 0.689. The lowest BCUT2D eigenvalue weighted by molar-refractivity contribution is -0.134. The summed E-state index contributed by atoms with van der Waals surface area (Å²) in [5, 5.41) is 7.19. The third-order valence-corrected chi connectivity index (χ3v) is 4.80. The molecular formula is C18H20N4OS. The maximum absolute atomic E-state index is 12.7. The van der Waals surface area contributed by atoms with E-state index in [1.54, 1.807) is 27.1 Å². The van der Waals surface area contributed by atoms with E-state index in [0.717, 1.165) is 16.3 Å². The van der Waals surface area contributed by atoms with Crippen LogP contribution in [-0.4, -0.2) is 32.6 Å². The summed E-state index contributed by atoms with van der Waals surface area (Å²) in [5.41, 5.74) is 2.01. The molecule has 1 aromatic carbocycles. The van der Waals surface area contributed by atoms with Gasteiger partial charge in [0.05, 0.1) is 12.2 Å². The molecule has 0 saturated heterocycles. The van der Waals surface area contributed by atoms with Gasteiger partial charge >= 0.3 is 0 Å². The fraction of sp³-hybridized carbons (Fsp3) is 0.278. The van der Waals surface area contributed by atoms with Crippen molar-refractivity contribution in [1.82, 2.24) is 19.7 Å². The number of likely N-dealkylation sites (N-methyl/N-ethyl adjacent to an activating group) is 1. The van der Waals surface area contributed by atoms with E-state index in [9.17, 15) is 4.79 Å². The van der Waals surface area contributed by atoms with Crippen LogP contribution in [0.3, 0.4) is 0 Å². The van der Waals surface area contributed by atoms with E-state index >= 15 is 0 Å². The molecule has 0 aliphatic heterocycles. The molecule has 0 radical (unpaired) electrons. The van der Waals surface area contributed by atoms with Crippen LogP contribution in [0, 0.1) is 0 Å². The average molecular weight is 340 g/mol. The van der Waals surface area contributed by atoms with Crippen molar-refractivity contribution in [3.05, 3.63) is 59.9 Å². The van der Waals surface area contributed by atoms with E-state index in [1.165, 1.54) is 0 Å². The largest absolute Gasteiger partial charge is 0.338 e. The highest BCUT2D eigenvalue weighted by atomic mass is 32.1. The molecule has 6 heteroatoms. The van der Waals surface area contributed by atoms with Crippen molar-refractivity contribution in [3.8, 4) is 10.6 Å². The Morgan fingerprint density at radius 2 is 2.08 bits per heavy atom. The second-order valence-electron chi connectivity index (χ2n) is 5.61. The van der Waals surface area contributed by atoms with Gasteiger partial charge in [0.1, 0.15) is 11.0 Å². The summed E-state index contributed by atoms with van der Waals surface area (Å²) in [7, 11) is 1.82. The number of carbonyl (C=O) groups is 1. The molecule has 0 aliphatic rings. The molecule has 0 spiro atoms. The molecule has 0 bridgehead atoms. The van der Waals surface area contributed by atoms with Crippen molar-refractivity contribution in [1.29, 1.82) is 0 Å². The first-order valence-electron chi connectivity index (χ1n) is 7.93. The van der Waals surface area contributed by atoms with Gasteiger partial charge in [0, 0.05) is 30.4 Å². The van der Waals surface area contributed by atoms with Crippen LogP contribution < -0.4 is 0 Å². The highest BCUT2D eigenvalue weighted by Gasteiger charge is 2.23. The molecule has 0 saturated carbocycles. The number of carbonyl (C=O) groups excluding carboxylic acids is 1. The standard InChI is InChI=1S/C18H20N4OS/c1-3-16(22-11-7-10-19-22)18(23)21(2)12-15-13-24-17(20-15)14-8-5-4-6-9-14/h4-11,13,16H,3,12H2,1-2H3/t16-/m0/s1. The second kappa shape index (κ2) is 7.40. The smallest absolute Gasteiger partial charge is 0.247 e. The lowest BCUT2D eigenvalue weighted by atomic mass is 10.2. The van der Waals surface area contributed by atoms with Gasteiger partial charge in [0.15, 0.2) is 0 Å². The number of amides is 1. The van der Waals surface area contributed by atoms with Gasteiger partial charge in [-0.2, -0.15) is 5.10 Å². The molecule has 124 valence electrons. The summed E-state index contributed by atoms with van der Waals surface area (Å²) in [4.78, 5) is 19.1. The van der Waals surface area contributed by atoms with Crippen molar-refractivity contribution in [2.24, 2.45) is 0 Å². The number of rotatable bonds is 6. The molecule has 1 amide bonds. The van der Waals surface area contributed by atoms with Gasteiger partial charge in [0.25, 0.3) is 0 Å². The summed E-state index contributed by atoms with van der Waals surface area (Å²) >= 11 is 1.60. The van der Waals surface area contributed by atoms with Crippen LogP contribution >= 0.6 is 11.3 Å². The van der Waals surface area contributed by atoms with Crippen LogP contribution in [0.4, 0.5) is 0 Å². The lowest BCUT2D eigenvalue weighted by Crippen LogP contribution is -2.34. The van der Waals surface area contributed by atoms with Gasteiger partial charge in [-0.15, -0.1) is 11.3 Å². The van der Waals surface area contributed by atoms with Crippen LogP contribution in [-0.2, 0) is 11.3 Å². The Balaban J connectivity index is 1.69. The minimum Gasteiger partial charge on any atom is -0.338 e. The molecule has 3 rings (SSSR count). The van der Waals surface area contributed by atoms with E-state index in [4.69, 9.17) is 0 Å². The average Bonchev–Trinajstić information content (AvgIpc) is 3.28. The highest BCUT2D eigenvalue weighted by molar-refractivity contribution is 7.13. The number of thiazole rings is 1. The van der Waals surface area contributed by atoms with Crippen molar-refractivity contribution in [2.75, 3.05) is 7.05 Å². The van der Waals surface area contributed by atoms with Crippen LogP contribution in [0.1, 0.15) is 25.1 Å². The predicted octanol–water partition coefficient (Wildman–Crippen LogP) is 3.62. The number of hydrogen-bond donors (Lipinski definition) is 0. The van der Waals surface area contributed by atoms with Gasteiger partial charge in [-0.3, -0.25) is 9.48 Å². The Hall–Kier alpha value is -2.47. The first kappa shape index (κ1) is 16.4. The number of nitrogens with zero attached hydrogens (tertiary/aromatic N) is 4. The Morgan fingerprint density at radius 1 is 1.29 bits per heavy atom. The zero-order valence-corrected chi connectivity index (χ0v) is 14.6. The lowest BCUT2D eigenvalue weighted by Gasteiger charge is -2.22. The van der Waals surface area contributed by atoms with Gasteiger partial charge in [-0.05, 0) is 12.5 Å². The van der Waals surface area contributed by atoms with E-state index in [2.05, 4.69) is 10.1 Å². The fourth-order valence-electron chi connectivity index (χ4n) is 2.61. The normalized spacial score (nSPS) is 12.1. The summed E-state index contributed by atoms with van der Waals surface area (Å²) in [6.07, 6.45) is 4.23. The maximum Gasteiger partial charge on any atom is 0.247 e. The van der Waals surface area contributed by atoms with Crippen molar-refractivity contribution in [3.63, 3.8) is 0 Å². The minimum absolute atomic E-state index is 0.0514. The monoisotopic (exact) mass is 340 g/mol. The number of hydrogen-bond acceptors (Lipinski definition) is 4. The van der Waals surface area contributed by atoms with E-state index in [-0.39, 0.29) is 11.9 Å². The fourth-order valence-corrected chi connectivity index (χ4v) is 3.43. The number of aromatic nitrogens is 3. The zero-order chi connectivity index (χ0) is 16.9. The van der Waals surface area contributed by atoms with Crippen LogP contribution in [0.5, 0.6) is 0 Å². The SMILES string of the molecule is CC[C@@H](C(=O)N(C)Cc1csc(-c2ccccc2)n1)n1cccn1. The first-order valence-corrected chi connectivity index (χ1v) is 8.81. The third kappa shape index (κ3) is 3.54. The topological polar surface area (TPSA) is 51.0 Å². The minimum atomic E-state index is -0.266. The van der Waals surface area contributed by atoms with E-state index < -0.39 is 0 Å². The zero-order valence-electron chi connectivity index (χ0n) is 13.8. The van der Waals surface area contributed by atoms with E-state index in [0.29, 0.717) is 13.0 Å². The summed E-state index contributed by atoms with van der Waals surface area (Å²) in [5.74, 6) is 0.0514. The van der Waals surface area contributed by atoms with Gasteiger partial charge < -0.3 is 4.90 Å². The van der Waals surface area contributed by atoms with E-state index in [1.807, 2.05) is 61.9 Å². The molecule has 2 aromatic heterocycles. The maximum atomic E-state index is 12.7. The van der Waals surface area contributed by atoms with Gasteiger partial charge in [0.2, 0.25) is 5.91 Å². The molecule has 0 aliphatic carbocycles. The van der Waals surface area contributed by atoms with Crippen molar-refractivity contribution >= 4 is 17.2 Å². The second-order valence-corrected chi connectivity index (χ2v) is 6.47. The number of benzene rings is 1. The molecule has 0 fully saturated rings. The molecular weight excluding hydrogens is 320 g/mol. The molecule has 3 aromatic rings. The molecule has 1 atom stereocenters. The third-order valence-electron chi connectivity index (χ3n) is 3.86. The van der Waals surface area contributed by atoms with Crippen molar-refractivity contribution in [2.45, 2.75) is 25.9 Å². The molecule has 5 nitrogen and oxygen atoms in total. The molecule has 24 heavy (non-hydrogen) atoms. The Kier molecular flexibility index (Phi) is 5.05. The predicted molar refractivity (Wildman–Crippen MR) is 95.6 cm³/mol. The van der Waals surface area contributed by atoms with Crippen molar-refractivity contribution < 1.29 is 4.79 Å². The van der Waals surface area contributed by atoms with Crippen LogP contribution in [0.2, 0.25) is 0 Å². The van der Waals surface area contributed by atoms with Crippen LogP contribution in [0.25, 0.3) is 10.6 Å². The summed E-state index contributed by atoms with van der Waals surface area (Å²) in [6.45, 7) is 2.49. The molecule has 0 unspecified atom stereocenters. The Bertz CT molecular complexity index is 782.